The highest BCUT2D eigenvalue weighted by molar-refractivity contribution is 5.80. The number of alkyl halides is 1. The Bertz CT molecular complexity index is 664. The summed E-state index contributed by atoms with van der Waals surface area (Å²) in [4.78, 5) is 16.1. The Labute approximate surface area is 126 Å². The highest BCUT2D eigenvalue weighted by atomic mass is 19.1. The summed E-state index contributed by atoms with van der Waals surface area (Å²) in [6.45, 7) is 1.84. The van der Waals surface area contributed by atoms with Gasteiger partial charge in [0.15, 0.2) is 11.6 Å². The Balaban J connectivity index is 1.63. The van der Waals surface area contributed by atoms with E-state index in [9.17, 15) is 13.6 Å². The molecule has 116 valence electrons. The fourth-order valence-electron chi connectivity index (χ4n) is 2.39. The molecule has 3 rings (SSSR count). The Morgan fingerprint density at radius 1 is 1.41 bits per heavy atom. The minimum atomic E-state index is -0.846. The van der Waals surface area contributed by atoms with Crippen molar-refractivity contribution in [1.82, 2.24) is 20.1 Å². The summed E-state index contributed by atoms with van der Waals surface area (Å²) >= 11 is 0. The van der Waals surface area contributed by atoms with E-state index in [1.54, 1.807) is 18.3 Å². The van der Waals surface area contributed by atoms with Gasteiger partial charge in [0, 0.05) is 12.1 Å². The molecule has 0 aliphatic heterocycles. The smallest absolute Gasteiger partial charge is 0.223 e. The van der Waals surface area contributed by atoms with Crippen LogP contribution in [-0.2, 0) is 4.79 Å². The SMILES string of the molecule is CC(NC(=O)C1CC(F)C1)c1ccc(-n2cc(F)cn2)nc1. The number of amides is 1. The lowest BCUT2D eigenvalue weighted by Crippen LogP contribution is -2.40. The van der Waals surface area contributed by atoms with Crippen LogP contribution in [-0.4, -0.2) is 26.8 Å². The number of nitrogens with zero attached hydrogens (tertiary/aromatic N) is 3. The van der Waals surface area contributed by atoms with Crippen LogP contribution < -0.4 is 5.32 Å². The van der Waals surface area contributed by atoms with E-state index in [2.05, 4.69) is 15.4 Å². The summed E-state index contributed by atoms with van der Waals surface area (Å²) in [6.07, 6.45) is 3.72. The number of carbonyl (C=O) groups is 1. The molecule has 1 amide bonds. The fourth-order valence-corrected chi connectivity index (χ4v) is 2.39. The average Bonchev–Trinajstić information content (AvgIpc) is 2.90. The van der Waals surface area contributed by atoms with E-state index >= 15 is 0 Å². The van der Waals surface area contributed by atoms with E-state index < -0.39 is 12.0 Å². The maximum absolute atomic E-state index is 12.9. The van der Waals surface area contributed by atoms with Crippen LogP contribution >= 0.6 is 0 Å². The zero-order chi connectivity index (χ0) is 15.7. The quantitative estimate of drug-likeness (QED) is 0.943. The number of rotatable bonds is 4. The number of halogens is 2. The number of carbonyl (C=O) groups excluding carboxylic acids is 1. The third kappa shape index (κ3) is 2.98. The summed E-state index contributed by atoms with van der Waals surface area (Å²) < 4.78 is 27.0. The largest absolute Gasteiger partial charge is 0.349 e. The monoisotopic (exact) mass is 306 g/mol. The van der Waals surface area contributed by atoms with Crippen LogP contribution in [0.3, 0.4) is 0 Å². The zero-order valence-electron chi connectivity index (χ0n) is 12.0. The van der Waals surface area contributed by atoms with E-state index in [0.717, 1.165) is 11.8 Å². The van der Waals surface area contributed by atoms with Crippen molar-refractivity contribution < 1.29 is 13.6 Å². The zero-order valence-corrected chi connectivity index (χ0v) is 12.0. The van der Waals surface area contributed by atoms with Gasteiger partial charge in [-0.15, -0.1) is 0 Å². The summed E-state index contributed by atoms with van der Waals surface area (Å²) in [5, 5.41) is 6.69. The first-order valence-corrected chi connectivity index (χ1v) is 7.14. The number of pyridine rings is 1. The third-order valence-electron chi connectivity index (χ3n) is 3.87. The molecule has 2 aromatic heterocycles. The number of aromatic nitrogens is 3. The lowest BCUT2D eigenvalue weighted by Gasteiger charge is -2.29. The molecule has 1 N–H and O–H groups in total. The molecule has 2 aromatic rings. The molecule has 1 aliphatic carbocycles. The molecule has 0 spiro atoms. The Kier molecular flexibility index (Phi) is 3.87. The lowest BCUT2D eigenvalue weighted by atomic mass is 9.82. The molecule has 1 atom stereocenters. The van der Waals surface area contributed by atoms with Crippen molar-refractivity contribution in [3.63, 3.8) is 0 Å². The molecular weight excluding hydrogens is 290 g/mol. The second-order valence-electron chi connectivity index (χ2n) is 5.55. The van der Waals surface area contributed by atoms with E-state index in [1.165, 1.54) is 10.9 Å². The predicted molar refractivity (Wildman–Crippen MR) is 75.5 cm³/mol. The van der Waals surface area contributed by atoms with Gasteiger partial charge >= 0.3 is 0 Å². The molecule has 2 heterocycles. The second kappa shape index (κ2) is 5.82. The molecule has 0 bridgehead atoms. The molecule has 0 radical (unpaired) electrons. The first-order valence-electron chi connectivity index (χ1n) is 7.14. The summed E-state index contributed by atoms with van der Waals surface area (Å²) in [5.74, 6) is -0.292. The van der Waals surface area contributed by atoms with E-state index in [0.29, 0.717) is 18.7 Å². The highest BCUT2D eigenvalue weighted by Crippen LogP contribution is 2.30. The standard InChI is InChI=1S/C15H16F2N4O/c1-9(20-15(22)11-4-12(16)5-11)10-2-3-14(18-6-10)21-8-13(17)7-19-21/h2-3,6-9,11-12H,4-5H2,1H3,(H,20,22). The molecule has 1 unspecified atom stereocenters. The van der Waals surface area contributed by atoms with Crippen molar-refractivity contribution in [3.05, 3.63) is 42.1 Å². The molecule has 0 aromatic carbocycles. The number of hydrogen-bond donors (Lipinski definition) is 1. The average molecular weight is 306 g/mol. The molecule has 0 saturated heterocycles. The van der Waals surface area contributed by atoms with Gasteiger partial charge < -0.3 is 5.32 Å². The lowest BCUT2D eigenvalue weighted by molar-refractivity contribution is -0.130. The van der Waals surface area contributed by atoms with Crippen LogP contribution in [0.5, 0.6) is 0 Å². The first-order chi connectivity index (χ1) is 10.5. The highest BCUT2D eigenvalue weighted by Gasteiger charge is 2.34. The Hall–Kier alpha value is -2.31. The fraction of sp³-hybridized carbons (Fsp3) is 0.400. The Morgan fingerprint density at radius 2 is 2.18 bits per heavy atom. The van der Waals surface area contributed by atoms with Crippen molar-refractivity contribution in [2.24, 2.45) is 5.92 Å². The molecule has 1 fully saturated rings. The van der Waals surface area contributed by atoms with Crippen LogP contribution in [0.25, 0.3) is 5.82 Å². The topological polar surface area (TPSA) is 59.8 Å². The third-order valence-corrected chi connectivity index (χ3v) is 3.87. The predicted octanol–water partition coefficient (Wildman–Crippen LogP) is 2.33. The van der Waals surface area contributed by atoms with Crippen LogP contribution in [0.15, 0.2) is 30.7 Å². The van der Waals surface area contributed by atoms with E-state index in [1.807, 2.05) is 6.92 Å². The maximum atomic E-state index is 12.9. The second-order valence-corrected chi connectivity index (χ2v) is 5.55. The van der Waals surface area contributed by atoms with Crippen molar-refractivity contribution in [2.45, 2.75) is 32.0 Å². The molecule has 1 aliphatic rings. The normalized spacial score (nSPS) is 22.0. The van der Waals surface area contributed by atoms with Gasteiger partial charge in [0.2, 0.25) is 5.91 Å². The first kappa shape index (κ1) is 14.6. The van der Waals surface area contributed by atoms with Crippen molar-refractivity contribution in [3.8, 4) is 5.82 Å². The van der Waals surface area contributed by atoms with Gasteiger partial charge in [-0.1, -0.05) is 6.07 Å². The minimum absolute atomic E-state index is 0.125. The van der Waals surface area contributed by atoms with Crippen LogP contribution in [0.1, 0.15) is 31.4 Å². The van der Waals surface area contributed by atoms with Gasteiger partial charge in [0.25, 0.3) is 0 Å². The van der Waals surface area contributed by atoms with Gasteiger partial charge in [-0.25, -0.2) is 18.4 Å². The van der Waals surface area contributed by atoms with Crippen LogP contribution in [0.4, 0.5) is 8.78 Å². The number of hydrogen-bond acceptors (Lipinski definition) is 3. The molecule has 5 nitrogen and oxygen atoms in total. The van der Waals surface area contributed by atoms with Crippen molar-refractivity contribution in [1.29, 1.82) is 0 Å². The van der Waals surface area contributed by atoms with Crippen LogP contribution in [0.2, 0.25) is 0 Å². The van der Waals surface area contributed by atoms with E-state index in [-0.39, 0.29) is 17.9 Å². The van der Waals surface area contributed by atoms with Crippen molar-refractivity contribution in [2.75, 3.05) is 0 Å². The van der Waals surface area contributed by atoms with Gasteiger partial charge in [-0.3, -0.25) is 4.79 Å². The van der Waals surface area contributed by atoms with Crippen molar-refractivity contribution >= 4 is 5.91 Å². The van der Waals surface area contributed by atoms with Gasteiger partial charge in [0.1, 0.15) is 6.17 Å². The maximum Gasteiger partial charge on any atom is 0.223 e. The van der Waals surface area contributed by atoms with E-state index in [4.69, 9.17) is 0 Å². The minimum Gasteiger partial charge on any atom is -0.349 e. The van der Waals surface area contributed by atoms with Crippen LogP contribution in [0, 0.1) is 11.7 Å². The van der Waals surface area contributed by atoms with Gasteiger partial charge in [0.05, 0.1) is 18.4 Å². The Morgan fingerprint density at radius 3 is 2.73 bits per heavy atom. The number of nitrogens with one attached hydrogen (secondary N) is 1. The molecule has 22 heavy (non-hydrogen) atoms. The molecule has 1 saturated carbocycles. The summed E-state index contributed by atoms with van der Waals surface area (Å²) in [5.41, 5.74) is 0.820. The molecule has 7 heteroatoms. The van der Waals surface area contributed by atoms with Gasteiger partial charge in [-0.2, -0.15) is 5.10 Å². The summed E-state index contributed by atoms with van der Waals surface area (Å²) in [6, 6.07) is 3.28. The summed E-state index contributed by atoms with van der Waals surface area (Å²) in [7, 11) is 0. The molecular formula is C15H16F2N4O. The van der Waals surface area contributed by atoms with Gasteiger partial charge in [-0.05, 0) is 31.4 Å².